The molecule has 0 spiro atoms. The van der Waals surface area contributed by atoms with E-state index in [0.717, 1.165) is 30.8 Å². The van der Waals surface area contributed by atoms with Crippen molar-refractivity contribution in [1.82, 2.24) is 9.88 Å². The normalized spacial score (nSPS) is 16.5. The van der Waals surface area contributed by atoms with E-state index in [-0.39, 0.29) is 0 Å². The monoisotopic (exact) mass is 324 g/mol. The minimum atomic E-state index is 0.319. The van der Waals surface area contributed by atoms with Crippen molar-refractivity contribution < 1.29 is 4.42 Å². The van der Waals surface area contributed by atoms with Gasteiger partial charge in [-0.15, -0.1) is 0 Å². The number of hydrogen-bond donors (Lipinski definition) is 1. The standard InChI is InChI=1S/C19H24N4O/c1-14-8-4-5-9-16(14)18-22-17(12-20)19(24-18)21-13-15(2)23-10-6-3-7-11-23/h4-5,8-9,15,21H,3,6-7,10-11,13H2,1-2H3/t15-/m0/s1. The highest BCUT2D eigenvalue weighted by atomic mass is 16.4. The summed E-state index contributed by atoms with van der Waals surface area (Å²) in [4.78, 5) is 6.83. The molecule has 1 N–H and O–H groups in total. The van der Waals surface area contributed by atoms with Crippen LogP contribution in [0.4, 0.5) is 5.88 Å². The topological polar surface area (TPSA) is 65.1 Å². The summed E-state index contributed by atoms with van der Waals surface area (Å²) in [5, 5.41) is 12.6. The van der Waals surface area contributed by atoms with Crippen molar-refractivity contribution in [3.63, 3.8) is 0 Å². The van der Waals surface area contributed by atoms with Gasteiger partial charge in [-0.05, 0) is 51.4 Å². The number of aryl methyl sites for hydroxylation is 1. The minimum Gasteiger partial charge on any atom is -0.419 e. The number of piperidine rings is 1. The van der Waals surface area contributed by atoms with Gasteiger partial charge in [-0.2, -0.15) is 10.2 Å². The van der Waals surface area contributed by atoms with Gasteiger partial charge in [0.15, 0.2) is 0 Å². The van der Waals surface area contributed by atoms with Crippen LogP contribution in [0.1, 0.15) is 37.4 Å². The van der Waals surface area contributed by atoms with Crippen LogP contribution in [-0.2, 0) is 0 Å². The third kappa shape index (κ3) is 3.60. The molecule has 126 valence electrons. The maximum absolute atomic E-state index is 9.34. The van der Waals surface area contributed by atoms with Crippen molar-refractivity contribution in [3.8, 4) is 17.5 Å². The van der Waals surface area contributed by atoms with E-state index < -0.39 is 0 Å². The highest BCUT2D eigenvalue weighted by molar-refractivity contribution is 5.62. The molecule has 5 heteroatoms. The Kier molecular flexibility index (Phi) is 5.17. The molecule has 1 saturated heterocycles. The van der Waals surface area contributed by atoms with E-state index in [1.54, 1.807) is 0 Å². The molecular weight excluding hydrogens is 300 g/mol. The van der Waals surface area contributed by atoms with Crippen LogP contribution >= 0.6 is 0 Å². The Bertz CT molecular complexity index is 725. The van der Waals surface area contributed by atoms with Gasteiger partial charge in [0, 0.05) is 18.2 Å². The van der Waals surface area contributed by atoms with Gasteiger partial charge in [0.1, 0.15) is 6.07 Å². The number of nitrogens with one attached hydrogen (secondary N) is 1. The van der Waals surface area contributed by atoms with E-state index in [0.29, 0.717) is 23.5 Å². The fraction of sp³-hybridized carbons (Fsp3) is 0.474. The first kappa shape index (κ1) is 16.5. The van der Waals surface area contributed by atoms with E-state index in [1.165, 1.54) is 19.3 Å². The van der Waals surface area contributed by atoms with E-state index in [2.05, 4.69) is 28.2 Å². The van der Waals surface area contributed by atoms with Crippen LogP contribution in [0.25, 0.3) is 11.5 Å². The Hall–Kier alpha value is -2.32. The molecule has 2 aromatic rings. The molecule has 1 aliphatic rings. The highest BCUT2D eigenvalue weighted by Crippen LogP contribution is 2.27. The average molecular weight is 324 g/mol. The van der Waals surface area contributed by atoms with Crippen LogP contribution in [0, 0.1) is 18.3 Å². The van der Waals surface area contributed by atoms with Crippen LogP contribution in [0.2, 0.25) is 0 Å². The number of benzene rings is 1. The maximum atomic E-state index is 9.34. The zero-order chi connectivity index (χ0) is 16.9. The summed E-state index contributed by atoms with van der Waals surface area (Å²) in [6.45, 7) is 7.27. The average Bonchev–Trinajstić information content (AvgIpc) is 3.04. The van der Waals surface area contributed by atoms with Gasteiger partial charge < -0.3 is 9.73 Å². The summed E-state index contributed by atoms with van der Waals surface area (Å²) in [6.07, 6.45) is 3.87. The van der Waals surface area contributed by atoms with Gasteiger partial charge >= 0.3 is 0 Å². The summed E-state index contributed by atoms with van der Waals surface area (Å²) in [5.41, 5.74) is 2.32. The lowest BCUT2D eigenvalue weighted by atomic mass is 10.1. The van der Waals surface area contributed by atoms with Crippen molar-refractivity contribution in [2.24, 2.45) is 0 Å². The number of hydrogen-bond acceptors (Lipinski definition) is 5. The zero-order valence-electron chi connectivity index (χ0n) is 14.4. The largest absolute Gasteiger partial charge is 0.419 e. The Morgan fingerprint density at radius 1 is 1.29 bits per heavy atom. The Labute approximate surface area is 143 Å². The third-order valence-electron chi connectivity index (χ3n) is 4.68. The molecule has 0 radical (unpaired) electrons. The van der Waals surface area contributed by atoms with Gasteiger partial charge in [0.2, 0.25) is 17.5 Å². The van der Waals surface area contributed by atoms with Gasteiger partial charge in [-0.3, -0.25) is 4.90 Å². The van der Waals surface area contributed by atoms with Crippen molar-refractivity contribution in [1.29, 1.82) is 5.26 Å². The predicted molar refractivity (Wildman–Crippen MR) is 94.8 cm³/mol. The quantitative estimate of drug-likeness (QED) is 0.906. The first-order chi connectivity index (χ1) is 11.7. The summed E-state index contributed by atoms with van der Waals surface area (Å²) < 4.78 is 5.85. The molecule has 3 rings (SSSR count). The van der Waals surface area contributed by atoms with Crippen LogP contribution < -0.4 is 5.32 Å². The van der Waals surface area contributed by atoms with Crippen LogP contribution in [-0.4, -0.2) is 35.6 Å². The maximum Gasteiger partial charge on any atom is 0.232 e. The number of nitrogens with zero attached hydrogens (tertiary/aromatic N) is 3. The molecular formula is C19H24N4O. The Balaban J connectivity index is 1.72. The second-order valence-electron chi connectivity index (χ2n) is 6.45. The molecule has 24 heavy (non-hydrogen) atoms. The van der Waals surface area contributed by atoms with E-state index in [4.69, 9.17) is 4.42 Å². The molecule has 0 unspecified atom stereocenters. The smallest absolute Gasteiger partial charge is 0.232 e. The molecule has 1 aliphatic heterocycles. The zero-order valence-corrected chi connectivity index (χ0v) is 14.4. The SMILES string of the molecule is Cc1ccccc1-c1nc(C#N)c(NC[C@H](C)N2CCCCC2)o1. The van der Waals surface area contributed by atoms with Crippen molar-refractivity contribution in [3.05, 3.63) is 35.5 Å². The predicted octanol–water partition coefficient (Wildman–Crippen LogP) is 3.81. The number of nitriles is 1. The Morgan fingerprint density at radius 2 is 2.04 bits per heavy atom. The molecule has 1 aromatic carbocycles. The molecule has 0 bridgehead atoms. The lowest BCUT2D eigenvalue weighted by Gasteiger charge is -2.32. The van der Waals surface area contributed by atoms with Gasteiger partial charge in [0.05, 0.1) is 0 Å². The summed E-state index contributed by atoms with van der Waals surface area (Å²) in [6, 6.07) is 10.4. The molecule has 2 heterocycles. The third-order valence-corrected chi connectivity index (χ3v) is 4.68. The van der Waals surface area contributed by atoms with Crippen LogP contribution in [0.5, 0.6) is 0 Å². The number of anilines is 1. The van der Waals surface area contributed by atoms with Crippen molar-refractivity contribution in [2.75, 3.05) is 25.0 Å². The minimum absolute atomic E-state index is 0.319. The number of aromatic nitrogens is 1. The van der Waals surface area contributed by atoms with Crippen molar-refractivity contribution in [2.45, 2.75) is 39.2 Å². The highest BCUT2D eigenvalue weighted by Gasteiger charge is 2.19. The number of oxazole rings is 1. The second-order valence-corrected chi connectivity index (χ2v) is 6.45. The van der Waals surface area contributed by atoms with Gasteiger partial charge in [-0.1, -0.05) is 24.6 Å². The molecule has 0 aliphatic carbocycles. The molecule has 1 fully saturated rings. The van der Waals surface area contributed by atoms with E-state index in [9.17, 15) is 5.26 Å². The van der Waals surface area contributed by atoms with Crippen LogP contribution in [0.3, 0.4) is 0 Å². The number of rotatable bonds is 5. The first-order valence-corrected chi connectivity index (χ1v) is 8.64. The van der Waals surface area contributed by atoms with E-state index >= 15 is 0 Å². The Morgan fingerprint density at radius 3 is 2.75 bits per heavy atom. The summed E-state index contributed by atoms with van der Waals surface area (Å²) >= 11 is 0. The second kappa shape index (κ2) is 7.50. The summed E-state index contributed by atoms with van der Waals surface area (Å²) in [5.74, 6) is 0.970. The van der Waals surface area contributed by atoms with Gasteiger partial charge in [0.25, 0.3) is 0 Å². The lowest BCUT2D eigenvalue weighted by Crippen LogP contribution is -2.41. The molecule has 0 saturated carbocycles. The van der Waals surface area contributed by atoms with Crippen LogP contribution in [0.15, 0.2) is 28.7 Å². The molecule has 0 amide bonds. The fourth-order valence-corrected chi connectivity index (χ4v) is 3.17. The number of likely N-dealkylation sites (tertiary alicyclic amines) is 1. The van der Waals surface area contributed by atoms with Gasteiger partial charge in [-0.25, -0.2) is 0 Å². The summed E-state index contributed by atoms with van der Waals surface area (Å²) in [7, 11) is 0. The van der Waals surface area contributed by atoms with Crippen molar-refractivity contribution >= 4 is 5.88 Å². The first-order valence-electron chi connectivity index (χ1n) is 8.64. The fourth-order valence-electron chi connectivity index (χ4n) is 3.17. The lowest BCUT2D eigenvalue weighted by molar-refractivity contribution is 0.180. The molecule has 1 atom stereocenters. The van der Waals surface area contributed by atoms with E-state index in [1.807, 2.05) is 31.2 Å². The molecule has 5 nitrogen and oxygen atoms in total. The molecule has 1 aromatic heterocycles.